The van der Waals surface area contributed by atoms with Crippen LogP contribution in [0.3, 0.4) is 0 Å². The molecular weight excluding hydrogens is 254 g/mol. The summed E-state index contributed by atoms with van der Waals surface area (Å²) in [6, 6.07) is 0.210. The Kier molecular flexibility index (Phi) is 4.10. The molecule has 0 radical (unpaired) electrons. The average Bonchev–Trinajstić information content (AvgIpc) is 3.10. The van der Waals surface area contributed by atoms with E-state index in [9.17, 15) is 5.11 Å². The van der Waals surface area contributed by atoms with Gasteiger partial charge >= 0.3 is 0 Å². The van der Waals surface area contributed by atoms with Crippen LogP contribution in [0, 0.1) is 5.41 Å². The Balaban J connectivity index is 1.69. The van der Waals surface area contributed by atoms with Crippen molar-refractivity contribution in [3.05, 3.63) is 0 Å². The molecule has 4 heteroatoms. The maximum atomic E-state index is 10.4. The molecule has 3 rings (SSSR count). The van der Waals surface area contributed by atoms with Gasteiger partial charge in [0.15, 0.2) is 5.79 Å². The molecule has 0 amide bonds. The van der Waals surface area contributed by atoms with Crippen molar-refractivity contribution in [2.75, 3.05) is 26.3 Å². The van der Waals surface area contributed by atoms with Gasteiger partial charge in [0, 0.05) is 25.4 Å². The van der Waals surface area contributed by atoms with Crippen LogP contribution in [0.15, 0.2) is 0 Å². The molecule has 0 aromatic rings. The normalized spacial score (nSPS) is 36.8. The summed E-state index contributed by atoms with van der Waals surface area (Å²) in [5.74, 6) is -0.395. The number of hydrogen-bond donors (Lipinski definition) is 1. The Morgan fingerprint density at radius 3 is 2.45 bits per heavy atom. The van der Waals surface area contributed by atoms with E-state index in [0.717, 1.165) is 32.4 Å². The Morgan fingerprint density at radius 1 is 1.15 bits per heavy atom. The molecule has 2 heterocycles. The lowest BCUT2D eigenvalue weighted by Gasteiger charge is -2.43. The van der Waals surface area contributed by atoms with Crippen molar-refractivity contribution in [2.45, 2.75) is 70.3 Å². The van der Waals surface area contributed by atoms with Crippen LogP contribution in [-0.4, -0.2) is 54.2 Å². The number of nitrogens with zero attached hydrogens (tertiary/aromatic N) is 1. The standard InChI is InChI=1S/C16H29NO3/c1-3-15(4-2)7-8-17(12-15)13-11-16(6-5-14(13)18)19-9-10-20-16/h13-14,18H,3-12H2,1-2H3. The van der Waals surface area contributed by atoms with Crippen molar-refractivity contribution in [1.82, 2.24) is 4.90 Å². The van der Waals surface area contributed by atoms with Crippen LogP contribution >= 0.6 is 0 Å². The Hall–Kier alpha value is -0.160. The predicted octanol–water partition coefficient (Wildman–Crippen LogP) is 2.16. The zero-order chi connectivity index (χ0) is 14.2. The van der Waals surface area contributed by atoms with E-state index in [1.54, 1.807) is 0 Å². The highest BCUT2D eigenvalue weighted by Gasteiger charge is 2.48. The number of aliphatic hydroxyl groups is 1. The van der Waals surface area contributed by atoms with E-state index in [-0.39, 0.29) is 12.1 Å². The largest absolute Gasteiger partial charge is 0.391 e. The predicted molar refractivity (Wildman–Crippen MR) is 77.5 cm³/mol. The lowest BCUT2D eigenvalue weighted by atomic mass is 9.81. The summed E-state index contributed by atoms with van der Waals surface area (Å²) in [6.45, 7) is 8.24. The molecule has 116 valence electrons. The van der Waals surface area contributed by atoms with Crippen LogP contribution in [0.4, 0.5) is 0 Å². The van der Waals surface area contributed by atoms with Gasteiger partial charge in [-0.3, -0.25) is 4.90 Å². The summed E-state index contributed by atoms with van der Waals surface area (Å²) >= 11 is 0. The molecule has 1 aliphatic carbocycles. The first kappa shape index (κ1) is 14.8. The minimum absolute atomic E-state index is 0.210. The van der Waals surface area contributed by atoms with E-state index in [0.29, 0.717) is 18.6 Å². The van der Waals surface area contributed by atoms with Gasteiger partial charge in [-0.25, -0.2) is 0 Å². The third-order valence-corrected chi connectivity index (χ3v) is 6.04. The van der Waals surface area contributed by atoms with Crippen molar-refractivity contribution in [1.29, 1.82) is 0 Å². The van der Waals surface area contributed by atoms with E-state index < -0.39 is 5.79 Å². The molecule has 4 nitrogen and oxygen atoms in total. The van der Waals surface area contributed by atoms with Crippen LogP contribution in [0.2, 0.25) is 0 Å². The fourth-order valence-corrected chi connectivity index (χ4v) is 4.33. The highest BCUT2D eigenvalue weighted by atomic mass is 16.7. The summed E-state index contributed by atoms with van der Waals surface area (Å²) in [5, 5.41) is 10.4. The third kappa shape index (κ3) is 2.52. The molecule has 2 aliphatic heterocycles. The summed E-state index contributed by atoms with van der Waals surface area (Å²) in [7, 11) is 0. The molecule has 0 aromatic carbocycles. The molecule has 1 saturated carbocycles. The molecule has 20 heavy (non-hydrogen) atoms. The van der Waals surface area contributed by atoms with Crippen LogP contribution in [0.5, 0.6) is 0 Å². The van der Waals surface area contributed by atoms with E-state index in [2.05, 4.69) is 18.7 Å². The van der Waals surface area contributed by atoms with Crippen LogP contribution < -0.4 is 0 Å². The maximum Gasteiger partial charge on any atom is 0.170 e. The molecule has 1 spiro atoms. The number of rotatable bonds is 3. The summed E-state index contributed by atoms with van der Waals surface area (Å²) < 4.78 is 11.7. The molecule has 2 unspecified atom stereocenters. The van der Waals surface area contributed by atoms with Gasteiger partial charge in [-0.1, -0.05) is 13.8 Å². The summed E-state index contributed by atoms with van der Waals surface area (Å²) in [6.07, 6.45) is 5.98. The van der Waals surface area contributed by atoms with E-state index in [1.165, 1.54) is 19.3 Å². The van der Waals surface area contributed by atoms with Gasteiger partial charge in [0.25, 0.3) is 0 Å². The maximum absolute atomic E-state index is 10.4. The topological polar surface area (TPSA) is 41.9 Å². The zero-order valence-electron chi connectivity index (χ0n) is 12.9. The lowest BCUT2D eigenvalue weighted by Crippen LogP contribution is -2.53. The molecule has 0 bridgehead atoms. The molecular formula is C16H29NO3. The molecule has 3 aliphatic rings. The first-order valence-electron chi connectivity index (χ1n) is 8.32. The van der Waals surface area contributed by atoms with Crippen molar-refractivity contribution < 1.29 is 14.6 Å². The van der Waals surface area contributed by atoms with Crippen molar-refractivity contribution in [2.24, 2.45) is 5.41 Å². The van der Waals surface area contributed by atoms with Gasteiger partial charge in [0.05, 0.1) is 19.3 Å². The van der Waals surface area contributed by atoms with Crippen LogP contribution in [-0.2, 0) is 9.47 Å². The van der Waals surface area contributed by atoms with Gasteiger partial charge < -0.3 is 14.6 Å². The average molecular weight is 283 g/mol. The van der Waals surface area contributed by atoms with Crippen LogP contribution in [0.1, 0.15) is 52.4 Å². The number of hydrogen-bond acceptors (Lipinski definition) is 4. The SMILES string of the molecule is CCC1(CC)CCN(C2CC3(CCC2O)OCCO3)C1. The van der Waals surface area contributed by atoms with Gasteiger partial charge in [-0.05, 0) is 37.6 Å². The third-order valence-electron chi connectivity index (χ3n) is 6.04. The number of ether oxygens (including phenoxy) is 2. The molecule has 1 N–H and O–H groups in total. The second kappa shape index (κ2) is 5.56. The fraction of sp³-hybridized carbons (Fsp3) is 1.00. The van der Waals surface area contributed by atoms with E-state index in [1.807, 2.05) is 0 Å². The lowest BCUT2D eigenvalue weighted by molar-refractivity contribution is -0.204. The second-order valence-corrected chi connectivity index (χ2v) is 6.91. The quantitative estimate of drug-likeness (QED) is 0.862. The van der Waals surface area contributed by atoms with Crippen molar-refractivity contribution in [3.8, 4) is 0 Å². The molecule has 2 atom stereocenters. The van der Waals surface area contributed by atoms with Crippen molar-refractivity contribution in [3.63, 3.8) is 0 Å². The number of likely N-dealkylation sites (tertiary alicyclic amines) is 1. The van der Waals surface area contributed by atoms with Gasteiger partial charge in [0.2, 0.25) is 0 Å². The van der Waals surface area contributed by atoms with Crippen molar-refractivity contribution >= 4 is 0 Å². The fourth-order valence-electron chi connectivity index (χ4n) is 4.33. The summed E-state index contributed by atoms with van der Waals surface area (Å²) in [5.41, 5.74) is 0.460. The molecule has 2 saturated heterocycles. The zero-order valence-corrected chi connectivity index (χ0v) is 12.9. The Labute approximate surface area is 122 Å². The van der Waals surface area contributed by atoms with Gasteiger partial charge in [0.1, 0.15) is 0 Å². The highest BCUT2D eigenvalue weighted by Crippen LogP contribution is 2.43. The monoisotopic (exact) mass is 283 g/mol. The minimum Gasteiger partial charge on any atom is -0.391 e. The molecule has 3 fully saturated rings. The first-order chi connectivity index (χ1) is 9.62. The molecule has 0 aromatic heterocycles. The Morgan fingerprint density at radius 2 is 1.85 bits per heavy atom. The number of aliphatic hydroxyl groups excluding tert-OH is 1. The second-order valence-electron chi connectivity index (χ2n) is 6.91. The highest BCUT2D eigenvalue weighted by molar-refractivity contribution is 4.98. The minimum atomic E-state index is -0.395. The Bertz CT molecular complexity index is 337. The van der Waals surface area contributed by atoms with Crippen LogP contribution in [0.25, 0.3) is 0 Å². The van der Waals surface area contributed by atoms with Gasteiger partial charge in [-0.15, -0.1) is 0 Å². The van der Waals surface area contributed by atoms with Gasteiger partial charge in [-0.2, -0.15) is 0 Å². The van der Waals surface area contributed by atoms with E-state index >= 15 is 0 Å². The smallest absolute Gasteiger partial charge is 0.170 e. The van der Waals surface area contributed by atoms with E-state index in [4.69, 9.17) is 9.47 Å². The first-order valence-corrected chi connectivity index (χ1v) is 8.32. The summed E-state index contributed by atoms with van der Waals surface area (Å²) in [4.78, 5) is 2.50.